The van der Waals surface area contributed by atoms with Crippen LogP contribution in [-0.2, 0) is 21.1 Å². The van der Waals surface area contributed by atoms with Gasteiger partial charge in [0.25, 0.3) is 0 Å². The van der Waals surface area contributed by atoms with Crippen LogP contribution >= 0.6 is 0 Å². The zero-order valence-corrected chi connectivity index (χ0v) is 10.4. The first kappa shape index (κ1) is 13.6. The van der Waals surface area contributed by atoms with Gasteiger partial charge in [0.1, 0.15) is 0 Å². The predicted molar refractivity (Wildman–Crippen MR) is 63.4 cm³/mol. The molecule has 0 aromatic carbocycles. The fraction of sp³-hybridized carbons (Fsp3) is 0.455. The van der Waals surface area contributed by atoms with Crippen molar-refractivity contribution in [2.75, 3.05) is 5.75 Å². The molecule has 94 valence electrons. The molecule has 1 atom stereocenters. The molecule has 0 fully saturated rings. The normalized spacial score (nSPS) is 13.2. The number of nitrogens with zero attached hydrogens (tertiary/aromatic N) is 1. The molecule has 1 heterocycles. The summed E-state index contributed by atoms with van der Waals surface area (Å²) in [5, 5.41) is 7.51. The number of sulfone groups is 1. The van der Waals surface area contributed by atoms with Crippen molar-refractivity contribution in [2.45, 2.75) is 25.0 Å². The number of carboxylic acids is 1. The first-order valence-corrected chi connectivity index (χ1v) is 7.02. The van der Waals surface area contributed by atoms with Crippen LogP contribution in [0, 0.1) is 0 Å². The summed E-state index contributed by atoms with van der Waals surface area (Å²) in [6.45, 7) is 1.56. The molecule has 0 radical (unpaired) electrons. The number of aliphatic carboxylic acids is 1. The van der Waals surface area contributed by atoms with E-state index in [0.717, 1.165) is 5.56 Å². The average molecular weight is 257 g/mol. The Balaban J connectivity index is 2.71. The average Bonchev–Trinajstić information content (AvgIpc) is 2.28. The molecule has 1 aromatic heterocycles. The highest BCUT2D eigenvalue weighted by atomic mass is 32.2. The summed E-state index contributed by atoms with van der Waals surface area (Å²) in [6, 6.07) is 3.49. The number of carboxylic acid groups (broad SMARTS) is 1. The maximum atomic E-state index is 11.8. The largest absolute Gasteiger partial charge is 0.480 e. The first-order valence-electron chi connectivity index (χ1n) is 5.30. The Labute approximate surface area is 100 Å². The summed E-state index contributed by atoms with van der Waals surface area (Å²) >= 11 is 0. The van der Waals surface area contributed by atoms with E-state index in [2.05, 4.69) is 4.98 Å². The molecule has 0 aliphatic heterocycles. The van der Waals surface area contributed by atoms with Gasteiger partial charge in [0, 0.05) is 12.4 Å². The summed E-state index contributed by atoms with van der Waals surface area (Å²) in [6.07, 6.45) is 3.56. The molecular weight excluding hydrogens is 242 g/mol. The fourth-order valence-corrected chi connectivity index (χ4v) is 3.15. The lowest BCUT2D eigenvalue weighted by Crippen LogP contribution is -2.32. The van der Waals surface area contributed by atoms with Gasteiger partial charge in [-0.05, 0) is 24.5 Å². The third-order valence-electron chi connectivity index (χ3n) is 2.48. The molecule has 1 unspecified atom stereocenters. The fourth-order valence-electron chi connectivity index (χ4n) is 1.53. The Kier molecular flexibility index (Phi) is 4.62. The van der Waals surface area contributed by atoms with Crippen molar-refractivity contribution >= 4 is 15.8 Å². The number of hydrogen-bond acceptors (Lipinski definition) is 4. The molecule has 5 nitrogen and oxygen atoms in total. The number of aryl methyl sites for hydroxylation is 1. The second-order valence-corrected chi connectivity index (χ2v) is 6.02. The van der Waals surface area contributed by atoms with Crippen LogP contribution < -0.4 is 0 Å². The van der Waals surface area contributed by atoms with Gasteiger partial charge in [-0.1, -0.05) is 13.0 Å². The molecule has 1 rings (SSSR count). The van der Waals surface area contributed by atoms with Gasteiger partial charge >= 0.3 is 5.97 Å². The van der Waals surface area contributed by atoms with E-state index >= 15 is 0 Å². The quantitative estimate of drug-likeness (QED) is 0.818. The van der Waals surface area contributed by atoms with Crippen LogP contribution in [0.25, 0.3) is 0 Å². The van der Waals surface area contributed by atoms with Gasteiger partial charge in [0.05, 0.1) is 5.75 Å². The van der Waals surface area contributed by atoms with Crippen LogP contribution in [0.5, 0.6) is 0 Å². The SMILES string of the molecule is CCC(C(=O)O)S(=O)(=O)CCc1cccnc1. The van der Waals surface area contributed by atoms with Crippen molar-refractivity contribution in [1.82, 2.24) is 4.98 Å². The van der Waals surface area contributed by atoms with Crippen molar-refractivity contribution < 1.29 is 18.3 Å². The highest BCUT2D eigenvalue weighted by molar-refractivity contribution is 7.92. The van der Waals surface area contributed by atoms with Gasteiger partial charge in [0.15, 0.2) is 15.1 Å². The van der Waals surface area contributed by atoms with E-state index in [1.165, 1.54) is 0 Å². The monoisotopic (exact) mass is 257 g/mol. The van der Waals surface area contributed by atoms with Gasteiger partial charge in [-0.25, -0.2) is 8.42 Å². The standard InChI is InChI=1S/C11H15NO4S/c1-2-10(11(13)14)17(15,16)7-5-9-4-3-6-12-8-9/h3-4,6,8,10H,2,5,7H2,1H3,(H,13,14). The molecule has 1 N–H and O–H groups in total. The summed E-state index contributed by atoms with van der Waals surface area (Å²) in [5.41, 5.74) is 0.788. The van der Waals surface area contributed by atoms with Crippen molar-refractivity contribution in [2.24, 2.45) is 0 Å². The summed E-state index contributed by atoms with van der Waals surface area (Å²) in [5.74, 6) is -1.44. The Morgan fingerprint density at radius 3 is 2.71 bits per heavy atom. The summed E-state index contributed by atoms with van der Waals surface area (Å²) in [7, 11) is -3.60. The van der Waals surface area contributed by atoms with E-state index < -0.39 is 21.1 Å². The van der Waals surface area contributed by atoms with Crippen molar-refractivity contribution in [3.8, 4) is 0 Å². The predicted octanol–water partition coefficient (Wildman–Crippen LogP) is 0.902. The summed E-state index contributed by atoms with van der Waals surface area (Å²) in [4.78, 5) is 14.7. The zero-order valence-electron chi connectivity index (χ0n) is 9.54. The van der Waals surface area contributed by atoms with Crippen LogP contribution in [0.3, 0.4) is 0 Å². The topological polar surface area (TPSA) is 84.3 Å². The Hall–Kier alpha value is -1.43. The molecule has 0 aliphatic carbocycles. The molecule has 0 amide bonds. The van der Waals surface area contributed by atoms with Crippen molar-refractivity contribution in [1.29, 1.82) is 0 Å². The Bertz CT molecular complexity index is 470. The second kappa shape index (κ2) is 5.77. The third-order valence-corrected chi connectivity index (χ3v) is 4.65. The molecule has 1 aromatic rings. The summed E-state index contributed by atoms with van der Waals surface area (Å²) < 4.78 is 23.6. The molecule has 0 saturated carbocycles. The molecule has 17 heavy (non-hydrogen) atoms. The van der Waals surface area contributed by atoms with Gasteiger partial charge in [-0.3, -0.25) is 9.78 Å². The molecule has 6 heteroatoms. The third kappa shape index (κ3) is 3.81. The number of carbonyl (C=O) groups is 1. The molecule has 0 spiro atoms. The van der Waals surface area contributed by atoms with Gasteiger partial charge < -0.3 is 5.11 Å². The van der Waals surface area contributed by atoms with Gasteiger partial charge in [-0.2, -0.15) is 0 Å². The molecule has 0 saturated heterocycles. The number of hydrogen-bond donors (Lipinski definition) is 1. The lowest BCUT2D eigenvalue weighted by Gasteiger charge is -2.10. The van der Waals surface area contributed by atoms with Crippen molar-refractivity contribution in [3.63, 3.8) is 0 Å². The molecule has 0 aliphatic rings. The first-order chi connectivity index (χ1) is 7.97. The van der Waals surface area contributed by atoms with Crippen LogP contribution in [0.2, 0.25) is 0 Å². The number of aromatic nitrogens is 1. The number of pyridine rings is 1. The molecule has 0 bridgehead atoms. The van der Waals surface area contributed by atoms with E-state index in [0.29, 0.717) is 6.42 Å². The van der Waals surface area contributed by atoms with E-state index in [9.17, 15) is 13.2 Å². The number of rotatable bonds is 6. The second-order valence-electron chi connectivity index (χ2n) is 3.71. The smallest absolute Gasteiger partial charge is 0.321 e. The van der Waals surface area contributed by atoms with E-state index in [-0.39, 0.29) is 12.2 Å². The lowest BCUT2D eigenvalue weighted by atomic mass is 10.2. The Morgan fingerprint density at radius 2 is 2.24 bits per heavy atom. The van der Waals surface area contributed by atoms with Crippen LogP contribution in [-0.4, -0.2) is 35.5 Å². The highest BCUT2D eigenvalue weighted by Crippen LogP contribution is 2.10. The van der Waals surface area contributed by atoms with Crippen LogP contribution in [0.4, 0.5) is 0 Å². The minimum Gasteiger partial charge on any atom is -0.480 e. The van der Waals surface area contributed by atoms with Gasteiger partial charge in [0.2, 0.25) is 0 Å². The van der Waals surface area contributed by atoms with Crippen LogP contribution in [0.15, 0.2) is 24.5 Å². The lowest BCUT2D eigenvalue weighted by molar-refractivity contribution is -0.136. The van der Waals surface area contributed by atoms with E-state index in [1.54, 1.807) is 31.5 Å². The zero-order chi connectivity index (χ0) is 12.9. The maximum Gasteiger partial charge on any atom is 0.321 e. The van der Waals surface area contributed by atoms with E-state index in [4.69, 9.17) is 5.11 Å². The molecular formula is C11H15NO4S. The van der Waals surface area contributed by atoms with Crippen LogP contribution in [0.1, 0.15) is 18.9 Å². The minimum absolute atomic E-state index is 0.0880. The Morgan fingerprint density at radius 1 is 1.53 bits per heavy atom. The van der Waals surface area contributed by atoms with Crippen molar-refractivity contribution in [3.05, 3.63) is 30.1 Å². The maximum absolute atomic E-state index is 11.8. The highest BCUT2D eigenvalue weighted by Gasteiger charge is 2.30. The van der Waals surface area contributed by atoms with E-state index in [1.807, 2.05) is 0 Å². The van der Waals surface area contributed by atoms with Gasteiger partial charge in [-0.15, -0.1) is 0 Å². The minimum atomic E-state index is -3.60.